The highest BCUT2D eigenvalue weighted by Crippen LogP contribution is 2.29. The number of hydrogen-bond acceptors (Lipinski definition) is 4. The first-order valence-corrected chi connectivity index (χ1v) is 9.90. The molecule has 1 aromatic heterocycles. The molecule has 3 aromatic rings. The van der Waals surface area contributed by atoms with Crippen LogP contribution in [0.1, 0.15) is 32.7 Å². The molecule has 0 fully saturated rings. The Hall–Kier alpha value is -3.04. The third kappa shape index (κ3) is 4.38. The normalized spacial score (nSPS) is 10.9. The zero-order valence-electron chi connectivity index (χ0n) is 16.6. The third-order valence-corrected chi connectivity index (χ3v) is 5.57. The van der Waals surface area contributed by atoms with Gasteiger partial charge in [-0.1, -0.05) is 6.07 Å². The van der Waals surface area contributed by atoms with Gasteiger partial charge in [-0.05, 0) is 59.1 Å². The average molecular weight is 494 g/mol. The van der Waals surface area contributed by atoms with E-state index in [2.05, 4.69) is 15.9 Å². The number of benzene rings is 2. The zero-order chi connectivity index (χ0) is 22.9. The predicted octanol–water partition coefficient (Wildman–Crippen LogP) is 4.26. The molecule has 0 radical (unpaired) electrons. The molecule has 0 unspecified atom stereocenters. The maximum Gasteiger partial charge on any atom is 0.336 e. The number of carboxylic acids is 1. The summed E-state index contributed by atoms with van der Waals surface area (Å²) in [6.45, 7) is 2.48. The second-order valence-corrected chi connectivity index (χ2v) is 7.64. The second kappa shape index (κ2) is 8.99. The largest absolute Gasteiger partial charge is 0.487 e. The summed E-state index contributed by atoms with van der Waals surface area (Å²) < 4.78 is 33.7. The van der Waals surface area contributed by atoms with Gasteiger partial charge in [-0.3, -0.25) is 9.36 Å². The van der Waals surface area contributed by atoms with E-state index in [1.807, 2.05) is 0 Å². The minimum atomic E-state index is -1.14. The first-order valence-electron chi connectivity index (χ1n) is 9.11. The molecule has 1 heterocycles. The van der Waals surface area contributed by atoms with Gasteiger partial charge in [0.05, 0.1) is 23.6 Å². The van der Waals surface area contributed by atoms with Crippen LogP contribution in [0.4, 0.5) is 8.78 Å². The number of aliphatic hydroxyl groups is 1. The molecule has 0 aliphatic rings. The van der Waals surface area contributed by atoms with Crippen LogP contribution in [0.2, 0.25) is 0 Å². The number of aliphatic hydroxyl groups excluding tert-OH is 1. The monoisotopic (exact) mass is 493 g/mol. The molecule has 31 heavy (non-hydrogen) atoms. The molecule has 0 aliphatic heterocycles. The molecule has 3 rings (SSSR count). The first-order chi connectivity index (χ1) is 14.6. The summed E-state index contributed by atoms with van der Waals surface area (Å²) in [4.78, 5) is 24.7. The van der Waals surface area contributed by atoms with Crippen molar-refractivity contribution in [2.45, 2.75) is 27.1 Å². The van der Waals surface area contributed by atoms with Crippen LogP contribution in [-0.2, 0) is 13.2 Å². The molecular weight excluding hydrogens is 476 g/mol. The van der Waals surface area contributed by atoms with Crippen LogP contribution in [0.25, 0.3) is 5.69 Å². The number of nitrogens with zero attached hydrogens (tertiary/aromatic N) is 1. The van der Waals surface area contributed by atoms with Gasteiger partial charge in [0.2, 0.25) is 0 Å². The number of aromatic carboxylic acids is 1. The molecule has 162 valence electrons. The Morgan fingerprint density at radius 2 is 1.87 bits per heavy atom. The highest BCUT2D eigenvalue weighted by atomic mass is 79.9. The van der Waals surface area contributed by atoms with Gasteiger partial charge in [0, 0.05) is 17.7 Å². The Morgan fingerprint density at radius 3 is 2.48 bits per heavy atom. The molecule has 2 aromatic carbocycles. The van der Waals surface area contributed by atoms with Crippen LogP contribution in [0, 0.1) is 25.5 Å². The van der Waals surface area contributed by atoms with Crippen LogP contribution in [0.5, 0.6) is 5.75 Å². The fraction of sp³-hybridized carbons (Fsp3) is 0.182. The van der Waals surface area contributed by atoms with E-state index < -0.39 is 29.8 Å². The lowest BCUT2D eigenvalue weighted by Gasteiger charge is -2.20. The number of ether oxygens (including phenoxy) is 1. The topological polar surface area (TPSA) is 88.8 Å². The number of aromatic nitrogens is 1. The molecule has 0 amide bonds. The smallest absolute Gasteiger partial charge is 0.336 e. The van der Waals surface area contributed by atoms with Crippen LogP contribution in [-0.4, -0.2) is 20.7 Å². The van der Waals surface area contributed by atoms with Gasteiger partial charge in [0.1, 0.15) is 28.5 Å². The number of hydrogen-bond donors (Lipinski definition) is 2. The Labute approximate surface area is 184 Å². The highest BCUT2D eigenvalue weighted by Gasteiger charge is 2.21. The van der Waals surface area contributed by atoms with E-state index in [9.17, 15) is 28.6 Å². The molecule has 0 aliphatic carbocycles. The lowest BCUT2D eigenvalue weighted by molar-refractivity contribution is 0.0696. The van der Waals surface area contributed by atoms with Gasteiger partial charge < -0.3 is 14.9 Å². The summed E-state index contributed by atoms with van der Waals surface area (Å²) in [6, 6.07) is 7.48. The van der Waals surface area contributed by atoms with E-state index in [4.69, 9.17) is 4.74 Å². The summed E-state index contributed by atoms with van der Waals surface area (Å²) in [5.41, 5.74) is 1.01. The predicted molar refractivity (Wildman–Crippen MR) is 113 cm³/mol. The minimum Gasteiger partial charge on any atom is -0.487 e. The Bertz CT molecular complexity index is 1240. The van der Waals surface area contributed by atoms with E-state index in [1.165, 1.54) is 22.8 Å². The van der Waals surface area contributed by atoms with E-state index in [-0.39, 0.29) is 33.6 Å². The van der Waals surface area contributed by atoms with Crippen molar-refractivity contribution in [2.75, 3.05) is 0 Å². The fourth-order valence-electron chi connectivity index (χ4n) is 3.29. The zero-order valence-corrected chi connectivity index (χ0v) is 18.2. The fourth-order valence-corrected chi connectivity index (χ4v) is 3.69. The molecular formula is C22H18BrF2NO5. The average Bonchev–Trinajstić information content (AvgIpc) is 2.71. The molecule has 2 N–H and O–H groups in total. The number of carboxylic acid groups (broad SMARTS) is 1. The Balaban J connectivity index is 2.10. The quantitative estimate of drug-likeness (QED) is 0.535. The number of aryl methyl sites for hydroxylation is 1. The summed E-state index contributed by atoms with van der Waals surface area (Å²) in [6.07, 6.45) is 0. The van der Waals surface area contributed by atoms with Gasteiger partial charge in [-0.2, -0.15) is 0 Å². The lowest BCUT2D eigenvalue weighted by atomic mass is 10.0. The van der Waals surface area contributed by atoms with Gasteiger partial charge in [0.25, 0.3) is 5.56 Å². The number of pyridine rings is 1. The van der Waals surface area contributed by atoms with Crippen molar-refractivity contribution in [3.8, 4) is 11.4 Å². The van der Waals surface area contributed by atoms with Gasteiger partial charge in [0.15, 0.2) is 0 Å². The second-order valence-electron chi connectivity index (χ2n) is 6.85. The summed E-state index contributed by atoms with van der Waals surface area (Å²) in [7, 11) is 0. The van der Waals surface area contributed by atoms with Crippen molar-refractivity contribution < 1.29 is 28.5 Å². The number of carbonyl (C=O) groups is 1. The van der Waals surface area contributed by atoms with E-state index in [0.29, 0.717) is 16.8 Å². The van der Waals surface area contributed by atoms with Crippen molar-refractivity contribution in [3.05, 3.63) is 90.8 Å². The Morgan fingerprint density at radius 1 is 1.16 bits per heavy atom. The standard InChI is InChI=1S/C22H18BrF2NO5/c1-11-3-6-16(22(29)30)12(2)20(11)26-15(9-27)8-18(19(23)21(26)28)31-10-13-4-5-14(24)7-17(13)25/h3-8,27H,9-10H2,1-2H3,(H,29,30). The van der Waals surface area contributed by atoms with Gasteiger partial charge >= 0.3 is 5.97 Å². The SMILES string of the molecule is Cc1ccc(C(=O)O)c(C)c1-n1c(CO)cc(OCc2ccc(F)cc2F)c(Br)c1=O. The maximum absolute atomic E-state index is 13.9. The van der Waals surface area contributed by atoms with Crippen LogP contribution in [0.15, 0.2) is 45.7 Å². The minimum absolute atomic E-state index is 0.00625. The van der Waals surface area contributed by atoms with E-state index >= 15 is 0 Å². The van der Waals surface area contributed by atoms with Crippen LogP contribution >= 0.6 is 15.9 Å². The summed E-state index contributed by atoms with van der Waals surface area (Å²) >= 11 is 3.18. The number of rotatable bonds is 6. The molecule has 0 bridgehead atoms. The van der Waals surface area contributed by atoms with E-state index in [1.54, 1.807) is 19.9 Å². The maximum atomic E-state index is 13.9. The van der Waals surface area contributed by atoms with Crippen molar-refractivity contribution in [2.24, 2.45) is 0 Å². The summed E-state index contributed by atoms with van der Waals surface area (Å²) in [5, 5.41) is 19.3. The van der Waals surface area contributed by atoms with Crippen molar-refractivity contribution in [1.82, 2.24) is 4.57 Å². The van der Waals surface area contributed by atoms with Crippen molar-refractivity contribution in [1.29, 1.82) is 0 Å². The van der Waals surface area contributed by atoms with Crippen molar-refractivity contribution in [3.63, 3.8) is 0 Å². The molecule has 0 spiro atoms. The summed E-state index contributed by atoms with van der Waals surface area (Å²) in [5.74, 6) is -2.60. The molecule has 0 atom stereocenters. The Kier molecular flexibility index (Phi) is 6.56. The lowest BCUT2D eigenvalue weighted by Crippen LogP contribution is -2.25. The molecule has 0 saturated heterocycles. The van der Waals surface area contributed by atoms with Gasteiger partial charge in [-0.15, -0.1) is 0 Å². The molecule has 9 heteroatoms. The highest BCUT2D eigenvalue weighted by molar-refractivity contribution is 9.10. The van der Waals surface area contributed by atoms with Crippen LogP contribution < -0.4 is 10.3 Å². The van der Waals surface area contributed by atoms with Crippen LogP contribution in [0.3, 0.4) is 0 Å². The van der Waals surface area contributed by atoms with E-state index in [0.717, 1.165) is 12.1 Å². The first kappa shape index (κ1) is 22.6. The number of halogens is 3. The molecule has 0 saturated carbocycles. The third-order valence-electron chi connectivity index (χ3n) is 4.84. The molecule has 6 nitrogen and oxygen atoms in total. The van der Waals surface area contributed by atoms with Crippen molar-refractivity contribution >= 4 is 21.9 Å². The van der Waals surface area contributed by atoms with Gasteiger partial charge in [-0.25, -0.2) is 13.6 Å².